The molecule has 1 aliphatic carbocycles. The van der Waals surface area contributed by atoms with Crippen LogP contribution < -0.4 is 0 Å². The molecule has 6 heteroatoms. The minimum atomic E-state index is -0.986. The number of benzene rings is 2. The third-order valence-electron chi connectivity index (χ3n) is 7.73. The third kappa shape index (κ3) is 4.97. The van der Waals surface area contributed by atoms with Gasteiger partial charge in [0.15, 0.2) is 0 Å². The molecule has 5 rings (SSSR count). The quantitative estimate of drug-likeness (QED) is 0.418. The summed E-state index contributed by atoms with van der Waals surface area (Å²) in [6, 6.07) is 24.0. The lowest BCUT2D eigenvalue weighted by Gasteiger charge is -2.45. The van der Waals surface area contributed by atoms with E-state index in [1.54, 1.807) is 18.7 Å². The Bertz CT molecular complexity index is 1300. The van der Waals surface area contributed by atoms with Crippen LogP contribution in [-0.4, -0.2) is 33.2 Å². The van der Waals surface area contributed by atoms with Gasteiger partial charge in [-0.05, 0) is 56.4 Å². The smallest absolute Gasteiger partial charge is 0.411 e. The number of pyridine rings is 1. The van der Waals surface area contributed by atoms with Crippen molar-refractivity contribution < 1.29 is 14.6 Å². The largest absolute Gasteiger partial charge is 0.438 e. The van der Waals surface area contributed by atoms with E-state index >= 15 is 0 Å². The SMILES string of the molecule is CC(c1ccc(-c2ccc(C3(C#N)CC3)cn2)cc1)N1CCC(CC(C)(C)O)(c2ccccc2)OC1=O. The molecule has 1 amide bonds. The molecule has 6 nitrogen and oxygen atoms in total. The lowest BCUT2D eigenvalue weighted by atomic mass is 9.80. The zero-order valence-electron chi connectivity index (χ0n) is 21.6. The Morgan fingerprint density at radius 2 is 1.76 bits per heavy atom. The van der Waals surface area contributed by atoms with Crippen LogP contribution in [0.15, 0.2) is 72.9 Å². The minimum absolute atomic E-state index is 0.168. The van der Waals surface area contributed by atoms with Gasteiger partial charge in [0.05, 0.1) is 28.8 Å². The highest BCUT2D eigenvalue weighted by atomic mass is 16.6. The van der Waals surface area contributed by atoms with Crippen molar-refractivity contribution in [2.24, 2.45) is 0 Å². The van der Waals surface area contributed by atoms with Crippen LogP contribution in [0.4, 0.5) is 4.79 Å². The summed E-state index contributed by atoms with van der Waals surface area (Å²) < 4.78 is 6.13. The molecule has 2 atom stereocenters. The lowest BCUT2D eigenvalue weighted by Crippen LogP contribution is -2.51. The van der Waals surface area contributed by atoms with Gasteiger partial charge in [-0.25, -0.2) is 4.79 Å². The number of hydrogen-bond donors (Lipinski definition) is 1. The zero-order valence-corrected chi connectivity index (χ0v) is 21.6. The molecule has 1 N–H and O–H groups in total. The van der Waals surface area contributed by atoms with E-state index in [2.05, 4.69) is 11.1 Å². The minimum Gasteiger partial charge on any atom is -0.438 e. The van der Waals surface area contributed by atoms with E-state index in [9.17, 15) is 15.2 Å². The molecule has 37 heavy (non-hydrogen) atoms. The number of carbonyl (C=O) groups is 1. The molecule has 2 aromatic carbocycles. The summed E-state index contributed by atoms with van der Waals surface area (Å²) in [4.78, 5) is 19.7. The van der Waals surface area contributed by atoms with Crippen molar-refractivity contribution in [3.63, 3.8) is 0 Å². The first-order valence-corrected chi connectivity index (χ1v) is 12.9. The summed E-state index contributed by atoms with van der Waals surface area (Å²) in [7, 11) is 0. The lowest BCUT2D eigenvalue weighted by molar-refractivity contribution is -0.101. The molecule has 0 bridgehead atoms. The van der Waals surface area contributed by atoms with Crippen molar-refractivity contribution >= 4 is 6.09 Å². The van der Waals surface area contributed by atoms with Gasteiger partial charge >= 0.3 is 6.09 Å². The molecule has 1 saturated heterocycles. The second-order valence-corrected chi connectivity index (χ2v) is 11.1. The van der Waals surface area contributed by atoms with Crippen molar-refractivity contribution in [1.29, 1.82) is 5.26 Å². The van der Waals surface area contributed by atoms with Crippen molar-refractivity contribution in [2.75, 3.05) is 6.54 Å². The first-order chi connectivity index (χ1) is 17.6. The summed E-state index contributed by atoms with van der Waals surface area (Å²) in [6.07, 6.45) is 4.17. The summed E-state index contributed by atoms with van der Waals surface area (Å²) in [5.74, 6) is 0. The van der Waals surface area contributed by atoms with Crippen molar-refractivity contribution in [2.45, 2.75) is 69.1 Å². The maximum Gasteiger partial charge on any atom is 0.411 e. The Hall–Kier alpha value is -3.69. The fraction of sp³-hybridized carbons (Fsp3) is 0.387. The van der Waals surface area contributed by atoms with Crippen LogP contribution >= 0.6 is 0 Å². The highest BCUT2D eigenvalue weighted by molar-refractivity contribution is 5.70. The molecule has 1 saturated carbocycles. The average molecular weight is 496 g/mol. The van der Waals surface area contributed by atoms with Crippen LogP contribution in [0.25, 0.3) is 11.3 Å². The van der Waals surface area contributed by atoms with Gasteiger partial charge in [-0.15, -0.1) is 0 Å². The second kappa shape index (κ2) is 9.32. The first-order valence-electron chi connectivity index (χ1n) is 12.9. The van der Waals surface area contributed by atoms with Crippen molar-refractivity contribution in [3.05, 3.63) is 89.6 Å². The zero-order chi connectivity index (χ0) is 26.3. The molecule has 0 radical (unpaired) electrons. The Kier molecular flexibility index (Phi) is 6.29. The molecular formula is C31H33N3O3. The molecule has 3 aromatic rings. The predicted molar refractivity (Wildman–Crippen MR) is 141 cm³/mol. The standard InChI is InChI=1S/C31H33N3O3/c1-22(23-9-11-24(12-10-23)27-14-13-26(19-33-27)30(21-32)15-16-30)34-18-17-31(37-28(34)35,20-29(2,3)36)25-7-5-4-6-8-25/h4-14,19,22,36H,15-18,20H2,1-3H3. The third-order valence-corrected chi connectivity index (χ3v) is 7.73. The van der Waals surface area contributed by atoms with Crippen LogP contribution in [0.5, 0.6) is 0 Å². The summed E-state index contributed by atoms with van der Waals surface area (Å²) >= 11 is 0. The molecule has 2 heterocycles. The summed E-state index contributed by atoms with van der Waals surface area (Å²) in [5.41, 5.74) is 2.56. The van der Waals surface area contributed by atoms with Gasteiger partial charge in [-0.3, -0.25) is 4.98 Å². The molecule has 2 aliphatic rings. The molecular weight excluding hydrogens is 462 g/mol. The molecule has 2 unspecified atom stereocenters. The van der Waals surface area contributed by atoms with E-state index in [0.29, 0.717) is 19.4 Å². The Labute approximate surface area is 218 Å². The van der Waals surface area contributed by atoms with Crippen LogP contribution in [0.1, 0.15) is 69.2 Å². The van der Waals surface area contributed by atoms with Gasteiger partial charge in [0, 0.05) is 31.1 Å². The molecule has 1 aromatic heterocycles. The number of aromatic nitrogens is 1. The molecule has 1 aliphatic heterocycles. The van der Waals surface area contributed by atoms with Gasteiger partial charge in [0.2, 0.25) is 0 Å². The second-order valence-electron chi connectivity index (χ2n) is 11.1. The van der Waals surface area contributed by atoms with Gasteiger partial charge in [0.1, 0.15) is 5.60 Å². The topological polar surface area (TPSA) is 86.5 Å². The Morgan fingerprint density at radius 1 is 1.05 bits per heavy atom. The fourth-order valence-electron chi connectivity index (χ4n) is 5.44. The summed E-state index contributed by atoms with van der Waals surface area (Å²) in [6.45, 7) is 6.03. The van der Waals surface area contributed by atoms with Gasteiger partial charge in [-0.2, -0.15) is 5.26 Å². The van der Waals surface area contributed by atoms with Crippen LogP contribution in [0.2, 0.25) is 0 Å². The van der Waals surface area contributed by atoms with E-state index in [-0.39, 0.29) is 17.6 Å². The number of rotatable bonds is 7. The molecule has 0 spiro atoms. The number of nitrogens with zero attached hydrogens (tertiary/aromatic N) is 3. The average Bonchev–Trinajstić information content (AvgIpc) is 3.70. The molecule has 190 valence electrons. The number of nitriles is 1. The Morgan fingerprint density at radius 3 is 2.30 bits per heavy atom. The fourth-order valence-corrected chi connectivity index (χ4v) is 5.44. The van der Waals surface area contributed by atoms with Crippen LogP contribution in [-0.2, 0) is 15.8 Å². The van der Waals surface area contributed by atoms with Gasteiger partial charge < -0.3 is 14.7 Å². The van der Waals surface area contributed by atoms with Gasteiger partial charge in [-0.1, -0.05) is 60.7 Å². The maximum atomic E-state index is 13.3. The number of hydrogen-bond acceptors (Lipinski definition) is 5. The maximum absolute atomic E-state index is 13.3. The Balaban J connectivity index is 1.31. The van der Waals surface area contributed by atoms with E-state index in [1.807, 2.05) is 79.9 Å². The predicted octanol–water partition coefficient (Wildman–Crippen LogP) is 6.26. The monoisotopic (exact) mass is 495 g/mol. The van der Waals surface area contributed by atoms with Crippen LogP contribution in [0.3, 0.4) is 0 Å². The number of aliphatic hydroxyl groups is 1. The number of amides is 1. The molecule has 2 fully saturated rings. The number of ether oxygens (including phenoxy) is 1. The number of cyclic esters (lactones) is 1. The highest BCUT2D eigenvalue weighted by Gasteiger charge is 2.46. The van der Waals surface area contributed by atoms with E-state index in [0.717, 1.165) is 40.8 Å². The highest BCUT2D eigenvalue weighted by Crippen LogP contribution is 2.47. The van der Waals surface area contributed by atoms with Crippen molar-refractivity contribution in [1.82, 2.24) is 9.88 Å². The van der Waals surface area contributed by atoms with E-state index < -0.39 is 11.2 Å². The van der Waals surface area contributed by atoms with Crippen LogP contribution in [0, 0.1) is 11.3 Å². The van der Waals surface area contributed by atoms with Crippen molar-refractivity contribution in [3.8, 4) is 17.3 Å². The van der Waals surface area contributed by atoms with E-state index in [4.69, 9.17) is 4.74 Å². The first kappa shape index (κ1) is 25.0. The number of carbonyl (C=O) groups excluding carboxylic acids is 1. The van der Waals surface area contributed by atoms with E-state index in [1.165, 1.54) is 0 Å². The summed E-state index contributed by atoms with van der Waals surface area (Å²) in [5, 5.41) is 20.0. The normalized spacial score (nSPS) is 21.6. The van der Waals surface area contributed by atoms with Gasteiger partial charge in [0.25, 0.3) is 0 Å².